The molecule has 2 aromatic rings. The van der Waals surface area contributed by atoms with Crippen LogP contribution in [0.3, 0.4) is 0 Å². The van der Waals surface area contributed by atoms with Crippen molar-refractivity contribution in [3.05, 3.63) is 65.2 Å². The Balaban J connectivity index is 2.00. The zero-order valence-corrected chi connectivity index (χ0v) is 14.2. The number of amides is 1. The summed E-state index contributed by atoms with van der Waals surface area (Å²) < 4.78 is 5.68. The molecule has 0 aliphatic rings. The summed E-state index contributed by atoms with van der Waals surface area (Å²) in [4.78, 5) is 14.2. The molecule has 0 heterocycles. The number of rotatable bonds is 7. The predicted octanol–water partition coefficient (Wildman–Crippen LogP) is 3.62. The highest BCUT2D eigenvalue weighted by Crippen LogP contribution is 2.18. The van der Waals surface area contributed by atoms with E-state index in [0.29, 0.717) is 25.3 Å². The van der Waals surface area contributed by atoms with Gasteiger partial charge in [-0.05, 0) is 31.0 Å². The molecule has 0 saturated heterocycles. The Morgan fingerprint density at radius 2 is 1.92 bits per heavy atom. The van der Waals surface area contributed by atoms with Crippen LogP contribution < -0.4 is 4.74 Å². The highest BCUT2D eigenvalue weighted by atomic mass is 16.5. The van der Waals surface area contributed by atoms with E-state index in [9.17, 15) is 4.79 Å². The number of nitrogens with zero attached hydrogens (tertiary/aromatic N) is 2. The van der Waals surface area contributed by atoms with E-state index in [1.165, 1.54) is 0 Å². The van der Waals surface area contributed by atoms with E-state index >= 15 is 0 Å². The van der Waals surface area contributed by atoms with Crippen molar-refractivity contribution in [1.82, 2.24) is 4.90 Å². The monoisotopic (exact) mass is 322 g/mol. The van der Waals surface area contributed by atoms with Crippen molar-refractivity contribution in [2.45, 2.75) is 26.8 Å². The number of hydrogen-bond donors (Lipinski definition) is 0. The minimum atomic E-state index is -0.117. The smallest absolute Gasteiger partial charge is 0.260 e. The van der Waals surface area contributed by atoms with E-state index in [1.54, 1.807) is 4.90 Å². The molecule has 4 nitrogen and oxygen atoms in total. The first-order valence-electron chi connectivity index (χ1n) is 7.99. The molecule has 0 unspecified atom stereocenters. The number of aryl methyl sites for hydroxylation is 2. The molecule has 24 heavy (non-hydrogen) atoms. The summed E-state index contributed by atoms with van der Waals surface area (Å²) in [5.41, 5.74) is 3.20. The van der Waals surface area contributed by atoms with E-state index in [0.717, 1.165) is 16.7 Å². The second-order valence-electron chi connectivity index (χ2n) is 5.77. The Labute approximate surface area is 143 Å². The predicted molar refractivity (Wildman–Crippen MR) is 93.5 cm³/mol. The third kappa shape index (κ3) is 5.13. The molecule has 0 spiro atoms. The topological polar surface area (TPSA) is 53.3 Å². The Bertz CT molecular complexity index is 720. The molecule has 0 N–H and O–H groups in total. The van der Waals surface area contributed by atoms with Gasteiger partial charge in [0, 0.05) is 13.1 Å². The number of carbonyl (C=O) groups excluding carboxylic acids is 1. The van der Waals surface area contributed by atoms with Crippen molar-refractivity contribution < 1.29 is 9.53 Å². The third-order valence-electron chi connectivity index (χ3n) is 3.74. The van der Waals surface area contributed by atoms with Crippen LogP contribution in [-0.2, 0) is 11.3 Å². The van der Waals surface area contributed by atoms with Crippen molar-refractivity contribution >= 4 is 5.91 Å². The lowest BCUT2D eigenvalue weighted by Crippen LogP contribution is -2.35. The van der Waals surface area contributed by atoms with Gasteiger partial charge >= 0.3 is 0 Å². The molecule has 0 aliphatic carbocycles. The van der Waals surface area contributed by atoms with E-state index in [-0.39, 0.29) is 12.5 Å². The number of benzene rings is 2. The molecule has 2 rings (SSSR count). The number of hydrogen-bond acceptors (Lipinski definition) is 3. The fraction of sp³-hybridized carbons (Fsp3) is 0.300. The van der Waals surface area contributed by atoms with E-state index in [1.807, 2.05) is 62.4 Å². The van der Waals surface area contributed by atoms with Crippen LogP contribution >= 0.6 is 0 Å². The van der Waals surface area contributed by atoms with Gasteiger partial charge in [0.2, 0.25) is 0 Å². The highest BCUT2D eigenvalue weighted by Gasteiger charge is 2.15. The summed E-state index contributed by atoms with van der Waals surface area (Å²) in [5, 5.41) is 8.81. The molecule has 0 fully saturated rings. The van der Waals surface area contributed by atoms with Crippen LogP contribution in [0.2, 0.25) is 0 Å². The molecule has 0 saturated carbocycles. The van der Waals surface area contributed by atoms with Gasteiger partial charge in [-0.2, -0.15) is 5.26 Å². The van der Waals surface area contributed by atoms with Crippen molar-refractivity contribution in [1.29, 1.82) is 5.26 Å². The minimum absolute atomic E-state index is 0.0256. The highest BCUT2D eigenvalue weighted by molar-refractivity contribution is 5.77. The fourth-order valence-corrected chi connectivity index (χ4v) is 2.47. The normalized spacial score (nSPS) is 10.0. The van der Waals surface area contributed by atoms with Gasteiger partial charge in [-0.25, -0.2) is 0 Å². The van der Waals surface area contributed by atoms with Gasteiger partial charge in [-0.15, -0.1) is 0 Å². The summed E-state index contributed by atoms with van der Waals surface area (Å²) >= 11 is 0. The Morgan fingerprint density at radius 1 is 1.17 bits per heavy atom. The molecule has 1 amide bonds. The Hall–Kier alpha value is -2.80. The molecule has 124 valence electrons. The molecule has 0 aliphatic heterocycles. The van der Waals surface area contributed by atoms with Gasteiger partial charge in [-0.3, -0.25) is 4.79 Å². The first-order valence-corrected chi connectivity index (χ1v) is 7.99. The molecular weight excluding hydrogens is 300 g/mol. The SMILES string of the molecule is Cc1ccc(OCC(=O)N(CCC#N)Cc2ccccc2)c(C)c1. The third-order valence-corrected chi connectivity index (χ3v) is 3.74. The van der Waals surface area contributed by atoms with E-state index in [4.69, 9.17) is 10.00 Å². The van der Waals surface area contributed by atoms with Gasteiger partial charge < -0.3 is 9.64 Å². The van der Waals surface area contributed by atoms with E-state index < -0.39 is 0 Å². The van der Waals surface area contributed by atoms with Crippen LogP contribution in [-0.4, -0.2) is 24.0 Å². The number of ether oxygens (including phenoxy) is 1. The van der Waals surface area contributed by atoms with Gasteiger partial charge in [0.1, 0.15) is 5.75 Å². The van der Waals surface area contributed by atoms with Gasteiger partial charge in [0.25, 0.3) is 5.91 Å². The molecule has 0 bridgehead atoms. The van der Waals surface area contributed by atoms with Crippen molar-refractivity contribution in [2.75, 3.05) is 13.2 Å². The van der Waals surface area contributed by atoms with Crippen LogP contribution in [0.1, 0.15) is 23.1 Å². The maximum absolute atomic E-state index is 12.5. The molecule has 0 aromatic heterocycles. The minimum Gasteiger partial charge on any atom is -0.484 e. The van der Waals surface area contributed by atoms with Gasteiger partial charge in [-0.1, -0.05) is 48.0 Å². The maximum Gasteiger partial charge on any atom is 0.260 e. The average Bonchev–Trinajstić information content (AvgIpc) is 2.58. The van der Waals surface area contributed by atoms with E-state index in [2.05, 4.69) is 6.07 Å². The number of nitriles is 1. The molecule has 0 radical (unpaired) electrons. The van der Waals surface area contributed by atoms with Gasteiger partial charge in [0.05, 0.1) is 12.5 Å². The fourth-order valence-electron chi connectivity index (χ4n) is 2.47. The van der Waals surface area contributed by atoms with Gasteiger partial charge in [0.15, 0.2) is 6.61 Å². The quantitative estimate of drug-likeness (QED) is 0.782. The maximum atomic E-state index is 12.5. The first kappa shape index (κ1) is 17.6. The summed E-state index contributed by atoms with van der Waals surface area (Å²) in [6.07, 6.45) is 0.308. The first-order chi connectivity index (χ1) is 11.6. The van der Waals surface area contributed by atoms with Crippen LogP contribution in [0.25, 0.3) is 0 Å². The standard InChI is InChI=1S/C20H22N2O2/c1-16-9-10-19(17(2)13-16)24-15-20(23)22(12-6-11-21)14-18-7-4-3-5-8-18/h3-5,7-10,13H,6,12,14-15H2,1-2H3. The second-order valence-corrected chi connectivity index (χ2v) is 5.77. The van der Waals surface area contributed by atoms with Crippen molar-refractivity contribution in [3.8, 4) is 11.8 Å². The molecule has 2 aromatic carbocycles. The summed E-state index contributed by atoms with van der Waals surface area (Å²) in [5.74, 6) is 0.600. The Morgan fingerprint density at radius 3 is 2.58 bits per heavy atom. The summed E-state index contributed by atoms with van der Waals surface area (Å²) in [7, 11) is 0. The number of carbonyl (C=O) groups is 1. The Kier molecular flexibility index (Phi) is 6.39. The van der Waals surface area contributed by atoms with Crippen molar-refractivity contribution in [3.63, 3.8) is 0 Å². The molecule has 0 atom stereocenters. The lowest BCUT2D eigenvalue weighted by Gasteiger charge is -2.22. The summed E-state index contributed by atoms with van der Waals surface area (Å²) in [6, 6.07) is 17.7. The molecular formula is C20H22N2O2. The lowest BCUT2D eigenvalue weighted by atomic mass is 10.1. The summed E-state index contributed by atoms with van der Waals surface area (Å²) in [6.45, 7) is 4.84. The second kappa shape index (κ2) is 8.73. The zero-order valence-electron chi connectivity index (χ0n) is 14.2. The van der Waals surface area contributed by atoms with Crippen LogP contribution in [0.5, 0.6) is 5.75 Å². The van der Waals surface area contributed by atoms with Crippen LogP contribution in [0, 0.1) is 25.2 Å². The largest absolute Gasteiger partial charge is 0.484 e. The lowest BCUT2D eigenvalue weighted by molar-refractivity contribution is -0.133. The average molecular weight is 322 g/mol. The van der Waals surface area contributed by atoms with Crippen LogP contribution in [0.15, 0.2) is 48.5 Å². The van der Waals surface area contributed by atoms with Crippen LogP contribution in [0.4, 0.5) is 0 Å². The zero-order chi connectivity index (χ0) is 17.4. The molecule has 4 heteroatoms. The van der Waals surface area contributed by atoms with Crippen molar-refractivity contribution in [2.24, 2.45) is 0 Å².